The number of aryl methyl sites for hydroxylation is 4. The molecule has 26 heavy (non-hydrogen) atoms. The van der Waals surface area contributed by atoms with E-state index >= 15 is 0 Å². The number of oxime groups is 1. The SMILES string of the molecule is CCOC(=O)[C@@H]1C(c2c(C)cc(C)cc2C)=NO[C@H]1c1ccc(C)cc1. The highest BCUT2D eigenvalue weighted by Gasteiger charge is 2.43. The molecule has 0 unspecified atom stereocenters. The number of rotatable bonds is 4. The molecule has 0 saturated carbocycles. The predicted octanol–water partition coefficient (Wildman–Crippen LogP) is 4.58. The van der Waals surface area contributed by atoms with Crippen molar-refractivity contribution in [3.05, 3.63) is 69.8 Å². The highest BCUT2D eigenvalue weighted by atomic mass is 16.6. The van der Waals surface area contributed by atoms with Crippen LogP contribution in [0.25, 0.3) is 0 Å². The first-order valence-corrected chi connectivity index (χ1v) is 8.97. The fourth-order valence-electron chi connectivity index (χ4n) is 3.64. The van der Waals surface area contributed by atoms with Crippen molar-refractivity contribution < 1.29 is 14.4 Å². The van der Waals surface area contributed by atoms with Crippen molar-refractivity contribution in [2.45, 2.75) is 40.7 Å². The van der Waals surface area contributed by atoms with E-state index in [-0.39, 0.29) is 5.97 Å². The Hall–Kier alpha value is -2.62. The van der Waals surface area contributed by atoms with Gasteiger partial charge in [-0.25, -0.2) is 0 Å². The van der Waals surface area contributed by atoms with E-state index < -0.39 is 12.0 Å². The predicted molar refractivity (Wildman–Crippen MR) is 102 cm³/mol. The maximum Gasteiger partial charge on any atom is 0.319 e. The topological polar surface area (TPSA) is 47.9 Å². The maximum absolute atomic E-state index is 12.8. The average molecular weight is 351 g/mol. The third-order valence-electron chi connectivity index (χ3n) is 4.74. The summed E-state index contributed by atoms with van der Waals surface area (Å²) in [6, 6.07) is 12.2. The van der Waals surface area contributed by atoms with Crippen LogP contribution in [-0.4, -0.2) is 18.3 Å². The van der Waals surface area contributed by atoms with Crippen molar-refractivity contribution >= 4 is 11.7 Å². The van der Waals surface area contributed by atoms with Crippen LogP contribution in [0.2, 0.25) is 0 Å². The van der Waals surface area contributed by atoms with Gasteiger partial charge in [0.05, 0.1) is 6.61 Å². The zero-order valence-corrected chi connectivity index (χ0v) is 16.0. The van der Waals surface area contributed by atoms with E-state index in [0.717, 1.165) is 27.8 Å². The molecule has 2 aromatic carbocycles. The van der Waals surface area contributed by atoms with E-state index in [1.165, 1.54) is 5.56 Å². The normalized spacial score (nSPS) is 19.0. The monoisotopic (exact) mass is 351 g/mol. The third kappa shape index (κ3) is 3.36. The molecular weight excluding hydrogens is 326 g/mol. The molecule has 0 saturated heterocycles. The van der Waals surface area contributed by atoms with Crippen molar-refractivity contribution in [2.24, 2.45) is 11.1 Å². The van der Waals surface area contributed by atoms with Crippen molar-refractivity contribution in [1.29, 1.82) is 0 Å². The van der Waals surface area contributed by atoms with Gasteiger partial charge in [0.25, 0.3) is 0 Å². The Morgan fingerprint density at radius 3 is 2.23 bits per heavy atom. The standard InChI is InChI=1S/C22H25NO3/c1-6-25-22(24)19-20(18-15(4)11-14(3)12-16(18)5)23-26-21(19)17-9-7-13(2)8-10-17/h7-12,19,21H,6H2,1-5H3/t19-,21+/m1/s1. The van der Waals surface area contributed by atoms with Gasteiger partial charge in [0, 0.05) is 5.56 Å². The molecule has 0 bridgehead atoms. The Labute approximate surface area is 154 Å². The van der Waals surface area contributed by atoms with Crippen LogP contribution in [0.3, 0.4) is 0 Å². The third-order valence-corrected chi connectivity index (χ3v) is 4.74. The second-order valence-corrected chi connectivity index (χ2v) is 6.92. The summed E-state index contributed by atoms with van der Waals surface area (Å²) in [6.07, 6.45) is -0.468. The lowest BCUT2D eigenvalue weighted by atomic mass is 9.84. The summed E-state index contributed by atoms with van der Waals surface area (Å²) in [5, 5.41) is 4.34. The first kappa shape index (κ1) is 18.2. The van der Waals surface area contributed by atoms with Gasteiger partial charge in [-0.3, -0.25) is 4.79 Å². The number of carbonyl (C=O) groups excluding carboxylic acids is 1. The summed E-state index contributed by atoms with van der Waals surface area (Å²) in [6.45, 7) is 10.3. The number of hydrogen-bond acceptors (Lipinski definition) is 4. The summed E-state index contributed by atoms with van der Waals surface area (Å²) in [5.74, 6) is -0.869. The molecule has 4 heteroatoms. The van der Waals surface area contributed by atoms with Gasteiger partial charge in [0.2, 0.25) is 0 Å². The molecule has 1 heterocycles. The highest BCUT2D eigenvalue weighted by Crippen LogP contribution is 2.37. The van der Waals surface area contributed by atoms with Crippen LogP contribution in [0.1, 0.15) is 46.4 Å². The van der Waals surface area contributed by atoms with Crippen molar-refractivity contribution in [3.63, 3.8) is 0 Å². The summed E-state index contributed by atoms with van der Waals surface area (Å²) in [7, 11) is 0. The van der Waals surface area contributed by atoms with Crippen LogP contribution in [0.15, 0.2) is 41.6 Å². The molecule has 0 spiro atoms. The van der Waals surface area contributed by atoms with Crippen LogP contribution in [-0.2, 0) is 14.4 Å². The quantitative estimate of drug-likeness (QED) is 0.758. The minimum absolute atomic E-state index is 0.297. The lowest BCUT2D eigenvalue weighted by Crippen LogP contribution is -2.30. The van der Waals surface area contributed by atoms with Gasteiger partial charge in [0.15, 0.2) is 6.10 Å². The number of ether oxygens (including phenoxy) is 1. The van der Waals surface area contributed by atoms with E-state index in [1.807, 2.05) is 52.0 Å². The molecule has 0 N–H and O–H groups in total. The summed E-state index contributed by atoms with van der Waals surface area (Å²) in [5.41, 5.74) is 7.08. The second-order valence-electron chi connectivity index (χ2n) is 6.92. The van der Waals surface area contributed by atoms with E-state index in [1.54, 1.807) is 0 Å². The largest absolute Gasteiger partial charge is 0.465 e. The maximum atomic E-state index is 12.8. The minimum Gasteiger partial charge on any atom is -0.465 e. The molecule has 0 amide bonds. The first-order chi connectivity index (χ1) is 12.4. The van der Waals surface area contributed by atoms with Crippen molar-refractivity contribution in [2.75, 3.05) is 6.61 Å². The van der Waals surface area contributed by atoms with Gasteiger partial charge >= 0.3 is 5.97 Å². The van der Waals surface area contributed by atoms with Gasteiger partial charge in [-0.1, -0.05) is 52.7 Å². The fourth-order valence-corrected chi connectivity index (χ4v) is 3.64. The molecule has 4 nitrogen and oxygen atoms in total. The number of carbonyl (C=O) groups is 1. The Morgan fingerprint density at radius 1 is 1.04 bits per heavy atom. The number of benzene rings is 2. The van der Waals surface area contributed by atoms with Gasteiger partial charge in [0.1, 0.15) is 11.6 Å². The van der Waals surface area contributed by atoms with Crippen LogP contribution >= 0.6 is 0 Å². The smallest absolute Gasteiger partial charge is 0.319 e. The molecule has 1 aliphatic rings. The van der Waals surface area contributed by atoms with Gasteiger partial charge in [-0.2, -0.15) is 0 Å². The van der Waals surface area contributed by atoms with Gasteiger partial charge in [-0.05, 0) is 51.3 Å². The van der Waals surface area contributed by atoms with Crippen LogP contribution in [0.4, 0.5) is 0 Å². The lowest BCUT2D eigenvalue weighted by Gasteiger charge is -2.20. The molecule has 0 aliphatic carbocycles. The van der Waals surface area contributed by atoms with Crippen LogP contribution in [0, 0.1) is 33.6 Å². The van der Waals surface area contributed by atoms with Crippen LogP contribution < -0.4 is 0 Å². The Morgan fingerprint density at radius 2 is 1.65 bits per heavy atom. The second kappa shape index (κ2) is 7.32. The average Bonchev–Trinajstić information content (AvgIpc) is 2.99. The molecule has 0 aromatic heterocycles. The molecular formula is C22H25NO3. The summed E-state index contributed by atoms with van der Waals surface area (Å²) in [4.78, 5) is 18.5. The highest BCUT2D eigenvalue weighted by molar-refractivity contribution is 6.14. The molecule has 0 radical (unpaired) electrons. The van der Waals surface area contributed by atoms with Crippen molar-refractivity contribution in [1.82, 2.24) is 0 Å². The summed E-state index contributed by atoms with van der Waals surface area (Å²) >= 11 is 0. The first-order valence-electron chi connectivity index (χ1n) is 8.97. The van der Waals surface area contributed by atoms with E-state index in [4.69, 9.17) is 9.57 Å². The molecule has 2 aromatic rings. The molecule has 0 fully saturated rings. The zero-order valence-electron chi connectivity index (χ0n) is 16.0. The van der Waals surface area contributed by atoms with Gasteiger partial charge in [-0.15, -0.1) is 0 Å². The number of nitrogens with zero attached hydrogens (tertiary/aromatic N) is 1. The summed E-state index contributed by atoms with van der Waals surface area (Å²) < 4.78 is 5.36. The van der Waals surface area contributed by atoms with Gasteiger partial charge < -0.3 is 9.57 Å². The van der Waals surface area contributed by atoms with E-state index in [9.17, 15) is 4.79 Å². The zero-order chi connectivity index (χ0) is 18.8. The molecule has 136 valence electrons. The molecule has 2 atom stereocenters. The Bertz CT molecular complexity index is 829. The van der Waals surface area contributed by atoms with E-state index in [2.05, 4.69) is 24.2 Å². The van der Waals surface area contributed by atoms with Crippen molar-refractivity contribution in [3.8, 4) is 0 Å². The lowest BCUT2D eigenvalue weighted by molar-refractivity contribution is -0.148. The number of esters is 1. The Balaban J connectivity index is 2.05. The number of hydrogen-bond donors (Lipinski definition) is 0. The van der Waals surface area contributed by atoms with Crippen LogP contribution in [0.5, 0.6) is 0 Å². The molecule has 3 rings (SSSR count). The van der Waals surface area contributed by atoms with E-state index in [0.29, 0.717) is 12.3 Å². The molecule has 1 aliphatic heterocycles. The minimum atomic E-state index is -0.572. The fraction of sp³-hybridized carbons (Fsp3) is 0.364. The Kier molecular flexibility index (Phi) is 5.12.